The van der Waals surface area contributed by atoms with Crippen LogP contribution < -0.4 is 0 Å². The van der Waals surface area contributed by atoms with Gasteiger partial charge >= 0.3 is 0 Å². The van der Waals surface area contributed by atoms with Gasteiger partial charge in [-0.1, -0.05) is 46.3 Å². The van der Waals surface area contributed by atoms with Crippen molar-refractivity contribution in [2.75, 3.05) is 0 Å². The van der Waals surface area contributed by atoms with Gasteiger partial charge in [-0.25, -0.2) is 0 Å². The lowest BCUT2D eigenvalue weighted by atomic mass is 10.3. The van der Waals surface area contributed by atoms with Crippen LogP contribution in [0.25, 0.3) is 0 Å². The van der Waals surface area contributed by atoms with Crippen LogP contribution in [0.2, 0.25) is 25.2 Å². The lowest BCUT2D eigenvalue weighted by Crippen LogP contribution is -2.25. The van der Waals surface area contributed by atoms with E-state index >= 15 is 0 Å². The van der Waals surface area contributed by atoms with Gasteiger partial charge in [-0.2, -0.15) is 0 Å². The average molecular weight is 143 g/mol. The van der Waals surface area contributed by atoms with Crippen LogP contribution in [0.15, 0.2) is 0 Å². The second-order valence-corrected chi connectivity index (χ2v) is 9.40. The third kappa shape index (κ3) is 3.74. The summed E-state index contributed by atoms with van der Waals surface area (Å²) in [5, 5.41) is 0. The van der Waals surface area contributed by atoms with E-state index in [0.717, 1.165) is 5.54 Å². The summed E-state index contributed by atoms with van der Waals surface area (Å²) in [5.74, 6) is 0. The van der Waals surface area contributed by atoms with E-state index in [4.69, 9.17) is 0 Å². The van der Waals surface area contributed by atoms with Crippen LogP contribution >= 0.6 is 0 Å². The van der Waals surface area contributed by atoms with Crippen LogP contribution in [0.3, 0.4) is 0 Å². The summed E-state index contributed by atoms with van der Waals surface area (Å²) in [4.78, 5) is 0. The van der Waals surface area contributed by atoms with Gasteiger partial charge in [0.25, 0.3) is 0 Å². The van der Waals surface area contributed by atoms with Crippen molar-refractivity contribution in [1.29, 1.82) is 0 Å². The van der Waals surface area contributed by atoms with Gasteiger partial charge in [0.15, 0.2) is 0 Å². The summed E-state index contributed by atoms with van der Waals surface area (Å²) < 4.78 is 0. The van der Waals surface area contributed by atoms with E-state index in [1.54, 1.807) is 0 Å². The molecular weight excluding hydrogens is 124 g/mol. The zero-order valence-electron chi connectivity index (χ0n) is 7.20. The Labute approximate surface area is 60.7 Å². The van der Waals surface area contributed by atoms with E-state index in [1.807, 2.05) is 0 Å². The highest BCUT2D eigenvalue weighted by molar-refractivity contribution is 6.77. The molecule has 0 aliphatic heterocycles. The standard InChI is InChI=1S/C8H19Si/c1-6-7-8(2)9(3,4)5/h8H,2,6-7H2,1,3-5H3. The average Bonchev–Trinajstić information content (AvgIpc) is 1.64. The second-order valence-electron chi connectivity index (χ2n) is 3.85. The predicted molar refractivity (Wildman–Crippen MR) is 47.4 cm³/mol. The lowest BCUT2D eigenvalue weighted by Gasteiger charge is -2.24. The Morgan fingerprint density at radius 1 is 1.33 bits per heavy atom. The van der Waals surface area contributed by atoms with Crippen LogP contribution in [-0.2, 0) is 0 Å². The highest BCUT2D eigenvalue weighted by Gasteiger charge is 2.20. The maximum Gasteiger partial charge on any atom is 0.0473 e. The number of hydrogen-bond donors (Lipinski definition) is 0. The number of rotatable bonds is 3. The third-order valence-corrected chi connectivity index (χ3v) is 4.60. The normalized spacial score (nSPS) is 15.7. The molecule has 1 heteroatoms. The Hall–Kier alpha value is 0.217. The molecule has 0 rings (SSSR count). The molecule has 0 saturated heterocycles. The largest absolute Gasteiger partial charge is 0.0693 e. The van der Waals surface area contributed by atoms with E-state index in [-0.39, 0.29) is 0 Å². The van der Waals surface area contributed by atoms with Gasteiger partial charge in [-0.05, 0) is 5.54 Å². The van der Waals surface area contributed by atoms with Gasteiger partial charge in [-0.15, -0.1) is 0 Å². The monoisotopic (exact) mass is 143 g/mol. The quantitative estimate of drug-likeness (QED) is 0.532. The van der Waals surface area contributed by atoms with Crippen LogP contribution in [0.1, 0.15) is 19.8 Å². The summed E-state index contributed by atoms with van der Waals surface area (Å²) in [7, 11) is -0.893. The highest BCUT2D eigenvalue weighted by Crippen LogP contribution is 2.24. The summed E-state index contributed by atoms with van der Waals surface area (Å²) >= 11 is 0. The first kappa shape index (κ1) is 9.22. The molecule has 55 valence electrons. The molecule has 0 bridgehead atoms. The van der Waals surface area contributed by atoms with Crippen LogP contribution in [0, 0.1) is 6.92 Å². The fraction of sp³-hybridized carbons (Fsp3) is 0.875. The molecule has 1 radical (unpaired) electrons. The predicted octanol–water partition coefficient (Wildman–Crippen LogP) is 3.33. The zero-order chi connectivity index (χ0) is 7.49. The van der Waals surface area contributed by atoms with E-state index in [9.17, 15) is 0 Å². The summed E-state index contributed by atoms with van der Waals surface area (Å²) in [6.45, 7) is 13.6. The van der Waals surface area contributed by atoms with Crippen molar-refractivity contribution in [3.63, 3.8) is 0 Å². The SMILES string of the molecule is [CH2]C(CCC)[Si](C)(C)C. The molecule has 0 aliphatic carbocycles. The van der Waals surface area contributed by atoms with Crippen molar-refractivity contribution >= 4 is 8.07 Å². The van der Waals surface area contributed by atoms with Gasteiger partial charge in [0.05, 0.1) is 0 Å². The molecule has 9 heavy (non-hydrogen) atoms. The second kappa shape index (κ2) is 3.40. The van der Waals surface area contributed by atoms with Gasteiger partial charge in [0, 0.05) is 8.07 Å². The maximum atomic E-state index is 4.16. The van der Waals surface area contributed by atoms with Crippen molar-refractivity contribution in [3.8, 4) is 0 Å². The highest BCUT2D eigenvalue weighted by atomic mass is 28.3. The molecule has 0 spiro atoms. The first-order valence-corrected chi connectivity index (χ1v) is 7.39. The molecule has 0 heterocycles. The number of hydrogen-bond acceptors (Lipinski definition) is 0. The van der Waals surface area contributed by atoms with Crippen molar-refractivity contribution in [3.05, 3.63) is 6.92 Å². The summed E-state index contributed by atoms with van der Waals surface area (Å²) in [6.07, 6.45) is 2.61. The Morgan fingerprint density at radius 2 is 1.78 bits per heavy atom. The fourth-order valence-corrected chi connectivity index (χ4v) is 1.94. The molecule has 0 aromatic rings. The molecule has 0 aromatic carbocycles. The van der Waals surface area contributed by atoms with Gasteiger partial charge in [0.1, 0.15) is 0 Å². The minimum atomic E-state index is -0.893. The third-order valence-electron chi connectivity index (χ3n) is 1.86. The summed E-state index contributed by atoms with van der Waals surface area (Å²) in [6, 6.07) is 0. The topological polar surface area (TPSA) is 0 Å². The Morgan fingerprint density at radius 3 is 1.89 bits per heavy atom. The lowest BCUT2D eigenvalue weighted by molar-refractivity contribution is 0.789. The zero-order valence-corrected chi connectivity index (χ0v) is 8.20. The van der Waals surface area contributed by atoms with Gasteiger partial charge < -0.3 is 0 Å². The van der Waals surface area contributed by atoms with Crippen molar-refractivity contribution in [2.45, 2.75) is 44.9 Å². The smallest absolute Gasteiger partial charge is 0.0473 e. The molecule has 0 N–H and O–H groups in total. The fourth-order valence-electron chi connectivity index (χ4n) is 0.781. The molecule has 0 amide bonds. The molecule has 0 aromatic heterocycles. The minimum Gasteiger partial charge on any atom is -0.0693 e. The minimum absolute atomic E-state index is 0.752. The summed E-state index contributed by atoms with van der Waals surface area (Å²) in [5.41, 5.74) is 0.752. The molecular formula is C8H19Si. The van der Waals surface area contributed by atoms with E-state index < -0.39 is 8.07 Å². The van der Waals surface area contributed by atoms with Crippen molar-refractivity contribution < 1.29 is 0 Å². The van der Waals surface area contributed by atoms with E-state index in [1.165, 1.54) is 12.8 Å². The maximum absolute atomic E-state index is 4.16. The van der Waals surface area contributed by atoms with Crippen LogP contribution in [0.4, 0.5) is 0 Å². The molecule has 1 atom stereocenters. The molecule has 0 aliphatic rings. The van der Waals surface area contributed by atoms with Crippen LogP contribution in [0.5, 0.6) is 0 Å². The van der Waals surface area contributed by atoms with Crippen molar-refractivity contribution in [1.82, 2.24) is 0 Å². The molecule has 0 nitrogen and oxygen atoms in total. The molecule has 0 fully saturated rings. The Balaban J connectivity index is 3.59. The first-order valence-electron chi connectivity index (χ1n) is 3.81. The van der Waals surface area contributed by atoms with Crippen LogP contribution in [-0.4, -0.2) is 8.07 Å². The molecule has 0 saturated carbocycles. The van der Waals surface area contributed by atoms with E-state index in [0.29, 0.717) is 0 Å². The van der Waals surface area contributed by atoms with E-state index in [2.05, 4.69) is 33.5 Å². The van der Waals surface area contributed by atoms with Gasteiger partial charge in [0.2, 0.25) is 0 Å². The Kier molecular flexibility index (Phi) is 3.48. The van der Waals surface area contributed by atoms with Gasteiger partial charge in [-0.3, -0.25) is 0 Å². The first-order chi connectivity index (χ1) is 3.98. The Bertz CT molecular complexity index is 71.1. The van der Waals surface area contributed by atoms with Crippen molar-refractivity contribution in [2.24, 2.45) is 0 Å². The molecule has 1 unspecified atom stereocenters.